The Bertz CT molecular complexity index is 697. The van der Waals surface area contributed by atoms with E-state index in [0.717, 1.165) is 0 Å². The van der Waals surface area contributed by atoms with Crippen LogP contribution in [0, 0.1) is 11.8 Å². The average molecular weight is 290 g/mol. The molecule has 1 aliphatic heterocycles. The third kappa shape index (κ3) is 2.98. The van der Waals surface area contributed by atoms with Gasteiger partial charge in [0.15, 0.2) is 0 Å². The maximum Gasteiger partial charge on any atom is 0.351 e. The fourth-order valence-corrected chi connectivity index (χ4v) is 2.16. The van der Waals surface area contributed by atoms with Crippen molar-refractivity contribution in [2.24, 2.45) is 5.11 Å². The van der Waals surface area contributed by atoms with Gasteiger partial charge in [-0.2, -0.15) is 4.98 Å². The predicted molar refractivity (Wildman–Crippen MR) is 74.0 cm³/mol. The summed E-state index contributed by atoms with van der Waals surface area (Å²) in [7, 11) is 0. The van der Waals surface area contributed by atoms with Crippen molar-refractivity contribution >= 4 is 5.82 Å². The molecule has 1 aromatic rings. The molecule has 1 unspecified atom stereocenters. The van der Waals surface area contributed by atoms with E-state index in [1.54, 1.807) is 6.92 Å². The average Bonchev–Trinajstić information content (AvgIpc) is 2.85. The Morgan fingerprint density at radius 1 is 1.76 bits per heavy atom. The molecule has 9 heteroatoms. The van der Waals surface area contributed by atoms with E-state index in [1.165, 1.54) is 10.8 Å². The van der Waals surface area contributed by atoms with Crippen molar-refractivity contribution in [2.75, 3.05) is 12.3 Å². The van der Waals surface area contributed by atoms with Crippen molar-refractivity contribution in [2.45, 2.75) is 31.7 Å². The van der Waals surface area contributed by atoms with E-state index in [0.29, 0.717) is 5.56 Å². The van der Waals surface area contributed by atoms with E-state index in [-0.39, 0.29) is 18.8 Å². The molecule has 1 aliphatic rings. The summed E-state index contributed by atoms with van der Waals surface area (Å²) >= 11 is 0. The van der Waals surface area contributed by atoms with Crippen LogP contribution in [0.1, 0.15) is 25.1 Å². The van der Waals surface area contributed by atoms with Gasteiger partial charge in [0.2, 0.25) is 0 Å². The molecule has 2 rings (SSSR count). The molecule has 3 N–H and O–H groups in total. The molecule has 21 heavy (non-hydrogen) atoms. The lowest BCUT2D eigenvalue weighted by molar-refractivity contribution is -0.0270. The minimum absolute atomic E-state index is 0.0499. The van der Waals surface area contributed by atoms with Crippen LogP contribution in [0.2, 0.25) is 0 Å². The Labute approximate surface area is 120 Å². The Morgan fingerprint density at radius 3 is 3.14 bits per heavy atom. The Kier molecular flexibility index (Phi) is 4.45. The van der Waals surface area contributed by atoms with Crippen molar-refractivity contribution in [1.82, 2.24) is 9.55 Å². The van der Waals surface area contributed by atoms with Gasteiger partial charge >= 0.3 is 5.69 Å². The summed E-state index contributed by atoms with van der Waals surface area (Å²) in [6, 6.07) is -0.546. The van der Waals surface area contributed by atoms with Crippen LogP contribution < -0.4 is 11.4 Å². The molecule has 9 nitrogen and oxygen atoms in total. The van der Waals surface area contributed by atoms with E-state index in [9.17, 15) is 9.90 Å². The molecule has 0 bridgehead atoms. The highest BCUT2D eigenvalue weighted by Crippen LogP contribution is 2.30. The minimum atomic E-state index is -0.685. The first-order chi connectivity index (χ1) is 10.1. The Balaban J connectivity index is 2.38. The normalized spacial score (nSPS) is 24.0. The fraction of sp³-hybridized carbons (Fsp3) is 0.500. The highest BCUT2D eigenvalue weighted by atomic mass is 16.5. The molecular formula is C12H14N6O3. The molecule has 1 fully saturated rings. The molecule has 0 spiro atoms. The van der Waals surface area contributed by atoms with Crippen molar-refractivity contribution in [1.29, 1.82) is 0 Å². The molecule has 0 radical (unpaired) electrons. The molecule has 1 saturated heterocycles. The number of rotatable bonds is 3. The van der Waals surface area contributed by atoms with Gasteiger partial charge in [-0.3, -0.25) is 4.57 Å². The molecule has 1 aromatic heterocycles. The Hall–Kier alpha value is -2.53. The molecule has 0 aliphatic carbocycles. The second-order valence-electron chi connectivity index (χ2n) is 4.42. The maximum absolute atomic E-state index is 11.9. The molecular weight excluding hydrogens is 276 g/mol. The summed E-state index contributed by atoms with van der Waals surface area (Å²) in [6.07, 6.45) is 0.380. The number of nitrogens with two attached hydrogens (primary N) is 1. The van der Waals surface area contributed by atoms with Crippen LogP contribution in [0.25, 0.3) is 10.4 Å². The van der Waals surface area contributed by atoms with Crippen molar-refractivity contribution in [3.8, 4) is 11.8 Å². The smallest absolute Gasteiger partial charge is 0.351 e. The van der Waals surface area contributed by atoms with E-state index in [2.05, 4.69) is 26.9 Å². The molecule has 110 valence electrons. The number of aromatic nitrogens is 2. The molecule has 0 aromatic carbocycles. The van der Waals surface area contributed by atoms with Crippen LogP contribution in [0.4, 0.5) is 5.82 Å². The highest BCUT2D eigenvalue weighted by Gasteiger charge is 2.35. The van der Waals surface area contributed by atoms with Crippen LogP contribution in [-0.2, 0) is 4.74 Å². The summed E-state index contributed by atoms with van der Waals surface area (Å²) in [4.78, 5) is 18.3. The lowest BCUT2D eigenvalue weighted by Gasteiger charge is -2.15. The first kappa shape index (κ1) is 14.9. The quantitative estimate of drug-likeness (QED) is 0.353. The minimum Gasteiger partial charge on any atom is -0.394 e. The molecule has 0 amide bonds. The zero-order valence-electron chi connectivity index (χ0n) is 11.3. The van der Waals surface area contributed by atoms with Crippen LogP contribution >= 0.6 is 0 Å². The highest BCUT2D eigenvalue weighted by molar-refractivity contribution is 5.48. The molecule has 0 saturated carbocycles. The van der Waals surface area contributed by atoms with Crippen LogP contribution in [0.5, 0.6) is 0 Å². The van der Waals surface area contributed by atoms with Gasteiger partial charge in [0.1, 0.15) is 12.0 Å². The number of azide groups is 1. The van der Waals surface area contributed by atoms with E-state index < -0.39 is 24.1 Å². The van der Waals surface area contributed by atoms with Crippen molar-refractivity contribution in [3.05, 3.63) is 32.7 Å². The first-order valence-corrected chi connectivity index (χ1v) is 6.22. The van der Waals surface area contributed by atoms with Gasteiger partial charge in [-0.05, 0) is 12.5 Å². The van der Waals surface area contributed by atoms with Gasteiger partial charge in [-0.1, -0.05) is 11.0 Å². The third-order valence-electron chi connectivity index (χ3n) is 3.14. The third-order valence-corrected chi connectivity index (χ3v) is 3.14. The molecule has 2 heterocycles. The summed E-state index contributed by atoms with van der Waals surface area (Å²) in [5.74, 6) is 5.47. The summed E-state index contributed by atoms with van der Waals surface area (Å²) in [5.41, 5.74) is 14.0. The summed E-state index contributed by atoms with van der Waals surface area (Å²) in [6.45, 7) is 1.33. The number of hydrogen-bond donors (Lipinski definition) is 2. The van der Waals surface area contributed by atoms with Crippen molar-refractivity contribution < 1.29 is 9.84 Å². The number of hydrogen-bond acceptors (Lipinski definition) is 6. The topological polar surface area (TPSA) is 139 Å². The summed E-state index contributed by atoms with van der Waals surface area (Å²) in [5, 5.41) is 12.8. The maximum atomic E-state index is 11.9. The number of nitrogens with zero attached hydrogens (tertiary/aromatic N) is 5. The number of aliphatic hydroxyl groups is 1. The van der Waals surface area contributed by atoms with E-state index in [4.69, 9.17) is 16.0 Å². The number of ether oxygens (including phenoxy) is 1. The van der Waals surface area contributed by atoms with Crippen LogP contribution in [0.15, 0.2) is 16.1 Å². The first-order valence-electron chi connectivity index (χ1n) is 6.22. The number of aliphatic hydroxyl groups excluding tert-OH is 1. The second kappa shape index (κ2) is 6.28. The van der Waals surface area contributed by atoms with Gasteiger partial charge in [0.05, 0.1) is 24.3 Å². The summed E-state index contributed by atoms with van der Waals surface area (Å²) < 4.78 is 6.78. The van der Waals surface area contributed by atoms with Gasteiger partial charge in [0.25, 0.3) is 0 Å². The standard InChI is InChI=1S/C12H14N6O3/c1-2-3-7-5-18(12(20)15-11(7)13)10-4-8(16-17-14)9(6-19)21-10/h5,8-10,19H,4,6H2,1H3,(H2,13,15,20)/t8?,9-,10-/m1/s1. The van der Waals surface area contributed by atoms with E-state index in [1.807, 2.05) is 0 Å². The van der Waals surface area contributed by atoms with Crippen LogP contribution in [-0.4, -0.2) is 33.4 Å². The predicted octanol–water partition coefficient (Wildman–Crippen LogP) is 0.156. The van der Waals surface area contributed by atoms with Crippen LogP contribution in [0.3, 0.4) is 0 Å². The van der Waals surface area contributed by atoms with Gasteiger partial charge in [-0.15, -0.1) is 5.92 Å². The van der Waals surface area contributed by atoms with Gasteiger partial charge in [0, 0.05) is 17.5 Å². The second-order valence-corrected chi connectivity index (χ2v) is 4.42. The van der Waals surface area contributed by atoms with E-state index >= 15 is 0 Å². The largest absolute Gasteiger partial charge is 0.394 e. The lowest BCUT2D eigenvalue weighted by Crippen LogP contribution is -2.28. The monoisotopic (exact) mass is 290 g/mol. The van der Waals surface area contributed by atoms with Crippen molar-refractivity contribution in [3.63, 3.8) is 0 Å². The fourth-order valence-electron chi connectivity index (χ4n) is 2.16. The van der Waals surface area contributed by atoms with Gasteiger partial charge in [-0.25, -0.2) is 4.79 Å². The number of anilines is 1. The zero-order chi connectivity index (χ0) is 15.4. The molecule has 3 atom stereocenters. The Morgan fingerprint density at radius 2 is 2.52 bits per heavy atom. The van der Waals surface area contributed by atoms with Gasteiger partial charge < -0.3 is 15.6 Å². The zero-order valence-corrected chi connectivity index (χ0v) is 11.3. The number of nitrogen functional groups attached to an aromatic ring is 1. The lowest BCUT2D eigenvalue weighted by atomic mass is 10.1. The SMILES string of the molecule is CC#Cc1cn([C@H]2CC(N=[N+]=[N-])[C@@H](CO)O2)c(=O)nc1N.